The van der Waals surface area contributed by atoms with E-state index in [0.717, 1.165) is 75.8 Å². The van der Waals surface area contributed by atoms with Crippen molar-refractivity contribution < 1.29 is 19.5 Å². The number of aromatic nitrogens is 3. The molecule has 0 spiro atoms. The zero-order chi connectivity index (χ0) is 22.8. The van der Waals surface area contributed by atoms with Crippen LogP contribution in [0.3, 0.4) is 0 Å². The Balaban J connectivity index is 1.16. The average Bonchev–Trinajstić information content (AvgIpc) is 3.31. The quantitative estimate of drug-likeness (QED) is 0.583. The fraction of sp³-hybridized carbons (Fsp3) is 0.625. The van der Waals surface area contributed by atoms with Crippen LogP contribution in [0.15, 0.2) is 30.5 Å². The Morgan fingerprint density at radius 2 is 2.06 bits per heavy atom. The van der Waals surface area contributed by atoms with Crippen LogP contribution >= 0.6 is 0 Å². The van der Waals surface area contributed by atoms with Crippen LogP contribution in [-0.2, 0) is 17.8 Å². The van der Waals surface area contributed by atoms with Crippen molar-refractivity contribution in [1.82, 2.24) is 19.9 Å². The van der Waals surface area contributed by atoms with Crippen LogP contribution in [0, 0.1) is 11.8 Å². The highest BCUT2D eigenvalue weighted by molar-refractivity contribution is 5.80. The average molecular weight is 456 g/mol. The molecule has 33 heavy (non-hydrogen) atoms. The first-order valence-electron chi connectivity index (χ1n) is 12.2. The molecule has 2 aromatic rings. The number of amides is 1. The fourth-order valence-corrected chi connectivity index (χ4v) is 5.98. The summed E-state index contributed by atoms with van der Waals surface area (Å²) in [5.41, 5.74) is 1.95. The number of fused-ring (bicyclic) bond motifs is 3. The van der Waals surface area contributed by atoms with Crippen LogP contribution in [0.4, 0.5) is 5.69 Å². The molecule has 9 heteroatoms. The zero-order valence-corrected chi connectivity index (χ0v) is 19.4. The number of anilines is 1. The molecule has 0 aliphatic carbocycles. The highest BCUT2D eigenvalue weighted by atomic mass is 16.5. The number of nitrogens with zero attached hydrogens (tertiary/aromatic N) is 5. The van der Waals surface area contributed by atoms with Crippen molar-refractivity contribution in [1.29, 1.82) is 0 Å². The summed E-state index contributed by atoms with van der Waals surface area (Å²) < 4.78 is 7.44. The number of carbonyl (C=O) groups is 1. The Kier molecular flexibility index (Phi) is 6.50. The highest BCUT2D eigenvalue weighted by Gasteiger charge is 2.48. The molecule has 1 amide bonds. The van der Waals surface area contributed by atoms with E-state index in [1.807, 2.05) is 29.1 Å². The van der Waals surface area contributed by atoms with Gasteiger partial charge in [0, 0.05) is 58.2 Å². The van der Waals surface area contributed by atoms with Crippen LogP contribution in [0.1, 0.15) is 18.5 Å². The van der Waals surface area contributed by atoms with E-state index < -0.39 is 0 Å². The van der Waals surface area contributed by atoms with E-state index >= 15 is 0 Å². The molecule has 4 saturated heterocycles. The maximum absolute atomic E-state index is 13.5. The molecule has 9 nitrogen and oxygen atoms in total. The Morgan fingerprint density at radius 3 is 2.79 bits per heavy atom. The fourth-order valence-electron chi connectivity index (χ4n) is 5.98. The number of aliphatic hydroxyl groups is 1. The zero-order valence-electron chi connectivity index (χ0n) is 19.4. The van der Waals surface area contributed by atoms with Gasteiger partial charge >= 0.3 is 0 Å². The minimum Gasteiger partial charge on any atom is -0.495 e. The lowest BCUT2D eigenvalue weighted by molar-refractivity contribution is -0.945. The SMILES string of the molecule is COc1ccccc1N1CCN(C(=O)[C@H]2C[NH+]3CC[C@H]2C[C@@H]3Cn2cc(CCO)nn2)CC1. The van der Waals surface area contributed by atoms with Gasteiger partial charge in [-0.3, -0.25) is 4.79 Å². The van der Waals surface area contributed by atoms with Gasteiger partial charge in [0.15, 0.2) is 0 Å². The van der Waals surface area contributed by atoms with Crippen LogP contribution < -0.4 is 14.5 Å². The summed E-state index contributed by atoms with van der Waals surface area (Å²) in [5, 5.41) is 17.5. The van der Waals surface area contributed by atoms with Crippen LogP contribution in [0.5, 0.6) is 5.75 Å². The lowest BCUT2D eigenvalue weighted by Gasteiger charge is -2.47. The third-order valence-electron chi connectivity index (χ3n) is 7.75. The lowest BCUT2D eigenvalue weighted by Crippen LogP contribution is -3.20. The van der Waals surface area contributed by atoms with Crippen molar-refractivity contribution in [2.75, 3.05) is 57.9 Å². The molecule has 5 heterocycles. The number of piperidine rings is 3. The highest BCUT2D eigenvalue weighted by Crippen LogP contribution is 2.31. The van der Waals surface area contributed by atoms with Gasteiger partial charge in [-0.25, -0.2) is 4.68 Å². The molecule has 1 aromatic carbocycles. The second kappa shape index (κ2) is 9.69. The first-order chi connectivity index (χ1) is 16.2. The van der Waals surface area contributed by atoms with Crippen LogP contribution in [0.25, 0.3) is 0 Å². The van der Waals surface area contributed by atoms with Gasteiger partial charge in [0.1, 0.15) is 11.8 Å². The summed E-state index contributed by atoms with van der Waals surface area (Å²) in [7, 11) is 1.71. The van der Waals surface area contributed by atoms with E-state index in [-0.39, 0.29) is 12.5 Å². The maximum atomic E-state index is 13.5. The Labute approximate surface area is 194 Å². The number of methoxy groups -OCH3 is 1. The molecular formula is C24H35N6O3+. The largest absolute Gasteiger partial charge is 0.495 e. The molecule has 4 aliphatic heterocycles. The van der Waals surface area contributed by atoms with Gasteiger partial charge in [-0.15, -0.1) is 5.10 Å². The van der Waals surface area contributed by atoms with Crippen molar-refractivity contribution >= 4 is 11.6 Å². The summed E-state index contributed by atoms with van der Waals surface area (Å²) in [4.78, 5) is 19.4. The molecule has 4 aliphatic rings. The molecule has 2 N–H and O–H groups in total. The first-order valence-corrected chi connectivity index (χ1v) is 12.2. The van der Waals surface area contributed by atoms with E-state index in [1.165, 1.54) is 4.90 Å². The summed E-state index contributed by atoms with van der Waals surface area (Å²) in [6, 6.07) is 8.59. The maximum Gasteiger partial charge on any atom is 0.231 e. The second-order valence-corrected chi connectivity index (χ2v) is 9.59. The van der Waals surface area contributed by atoms with Crippen molar-refractivity contribution in [2.45, 2.75) is 31.8 Å². The molecule has 4 fully saturated rings. The minimum absolute atomic E-state index is 0.0957. The summed E-state index contributed by atoms with van der Waals surface area (Å²) in [6.07, 6.45) is 4.70. The van der Waals surface area contributed by atoms with Crippen LogP contribution in [0.2, 0.25) is 0 Å². The Bertz CT molecular complexity index is 957. The lowest BCUT2D eigenvalue weighted by atomic mass is 9.75. The summed E-state index contributed by atoms with van der Waals surface area (Å²) in [6.45, 7) is 6.21. The number of piperazine rings is 1. The number of carbonyl (C=O) groups excluding carboxylic acids is 1. The molecule has 4 atom stereocenters. The van der Waals surface area contributed by atoms with Gasteiger partial charge in [-0.05, 0) is 18.1 Å². The monoisotopic (exact) mass is 455 g/mol. The number of quaternary nitrogens is 1. The number of nitrogens with one attached hydrogen (secondary N) is 1. The van der Waals surface area contributed by atoms with E-state index in [1.54, 1.807) is 7.11 Å². The van der Waals surface area contributed by atoms with Gasteiger partial charge in [-0.1, -0.05) is 17.3 Å². The molecule has 178 valence electrons. The molecule has 6 rings (SSSR count). The topological polar surface area (TPSA) is 88.2 Å². The van der Waals surface area contributed by atoms with Crippen LogP contribution in [-0.4, -0.2) is 89.9 Å². The van der Waals surface area contributed by atoms with E-state index in [9.17, 15) is 4.79 Å². The van der Waals surface area contributed by atoms with Gasteiger partial charge in [0.05, 0.1) is 44.0 Å². The number of aliphatic hydroxyl groups excluding tert-OH is 1. The molecule has 0 saturated carbocycles. The third-order valence-corrected chi connectivity index (χ3v) is 7.75. The van der Waals surface area contributed by atoms with E-state index in [0.29, 0.717) is 24.3 Å². The normalized spacial score (nSPS) is 27.1. The first kappa shape index (κ1) is 22.2. The number of hydrogen-bond donors (Lipinski definition) is 2. The van der Waals surface area contributed by atoms with Gasteiger partial charge in [0.2, 0.25) is 5.91 Å². The molecule has 2 bridgehead atoms. The van der Waals surface area contributed by atoms with Crippen molar-refractivity contribution in [3.63, 3.8) is 0 Å². The van der Waals surface area contributed by atoms with Crippen molar-refractivity contribution in [3.8, 4) is 5.75 Å². The smallest absolute Gasteiger partial charge is 0.231 e. The number of para-hydroxylation sites is 2. The summed E-state index contributed by atoms with van der Waals surface area (Å²) in [5.74, 6) is 1.85. The Morgan fingerprint density at radius 1 is 1.24 bits per heavy atom. The van der Waals surface area contributed by atoms with Gasteiger partial charge in [-0.2, -0.15) is 0 Å². The number of ether oxygens (including phenoxy) is 1. The number of rotatable bonds is 7. The Hall–Kier alpha value is -2.65. The molecule has 1 unspecified atom stereocenters. The number of benzene rings is 1. The van der Waals surface area contributed by atoms with E-state index in [4.69, 9.17) is 9.84 Å². The summed E-state index contributed by atoms with van der Waals surface area (Å²) >= 11 is 0. The standard InChI is InChI=1S/C24H34N6O3/c1-33-23-5-3-2-4-22(23)27-9-11-28(12-10-27)24(32)21-17-29-8-6-18(21)14-20(29)16-30-15-19(7-13-31)25-26-30/h2-5,15,18,20-21,31H,6-14,16-17H2,1H3/p+1/t18-,20+,21-/m0/s1. The van der Waals surface area contributed by atoms with Gasteiger partial charge < -0.3 is 24.5 Å². The molecule has 0 radical (unpaired) electrons. The molecular weight excluding hydrogens is 420 g/mol. The minimum atomic E-state index is 0.0957. The molecule has 1 aromatic heterocycles. The van der Waals surface area contributed by atoms with Crippen molar-refractivity contribution in [2.24, 2.45) is 11.8 Å². The number of hydrogen-bond acceptors (Lipinski definition) is 6. The predicted molar refractivity (Wildman–Crippen MR) is 123 cm³/mol. The predicted octanol–water partition coefficient (Wildman–Crippen LogP) is -0.536. The van der Waals surface area contributed by atoms with Gasteiger partial charge in [0.25, 0.3) is 0 Å². The third kappa shape index (κ3) is 4.56. The van der Waals surface area contributed by atoms with Crippen molar-refractivity contribution in [3.05, 3.63) is 36.2 Å². The second-order valence-electron chi connectivity index (χ2n) is 9.59. The van der Waals surface area contributed by atoms with E-state index in [2.05, 4.69) is 26.2 Å².